The Morgan fingerprint density at radius 1 is 1.23 bits per heavy atom. The fourth-order valence-electron chi connectivity index (χ4n) is 2.79. The second-order valence-electron chi connectivity index (χ2n) is 6.63. The molecule has 1 fully saturated rings. The van der Waals surface area contributed by atoms with Crippen LogP contribution in [0.4, 0.5) is 0 Å². The first kappa shape index (κ1) is 19.9. The fraction of sp³-hybridized carbons (Fsp3) is 0.471. The first-order valence-electron chi connectivity index (χ1n) is 8.23. The number of aliphatic carboxylic acids is 1. The van der Waals surface area contributed by atoms with Crippen molar-refractivity contribution in [2.75, 3.05) is 0 Å². The molecule has 1 unspecified atom stereocenters. The minimum Gasteiger partial charge on any atom is -0.480 e. The van der Waals surface area contributed by atoms with Crippen LogP contribution in [-0.2, 0) is 24.4 Å². The lowest BCUT2D eigenvalue weighted by molar-refractivity contribution is -0.143. The van der Waals surface area contributed by atoms with Crippen LogP contribution in [0.1, 0.15) is 32.3 Å². The highest BCUT2D eigenvalue weighted by atomic mass is 32.2. The molecule has 142 valence electrons. The van der Waals surface area contributed by atoms with Crippen molar-refractivity contribution in [2.24, 2.45) is 5.92 Å². The molecule has 1 saturated heterocycles. The van der Waals surface area contributed by atoms with Gasteiger partial charge in [0.1, 0.15) is 12.1 Å². The molecule has 1 aliphatic heterocycles. The molecule has 1 aromatic rings. The van der Waals surface area contributed by atoms with E-state index < -0.39 is 45.8 Å². The lowest BCUT2D eigenvalue weighted by atomic mass is 10.0. The Morgan fingerprint density at radius 3 is 2.31 bits per heavy atom. The largest absolute Gasteiger partial charge is 0.480 e. The van der Waals surface area contributed by atoms with E-state index >= 15 is 0 Å². The molecule has 26 heavy (non-hydrogen) atoms. The van der Waals surface area contributed by atoms with E-state index in [9.17, 15) is 27.9 Å². The highest BCUT2D eigenvalue weighted by molar-refractivity contribution is 7.89. The van der Waals surface area contributed by atoms with Gasteiger partial charge in [0, 0.05) is 6.42 Å². The Morgan fingerprint density at radius 2 is 1.81 bits per heavy atom. The number of rotatable bonds is 6. The van der Waals surface area contributed by atoms with Crippen molar-refractivity contribution < 1.29 is 27.9 Å². The Hall–Kier alpha value is -2.42. The summed E-state index contributed by atoms with van der Waals surface area (Å²) in [5.41, 5.74) is 0.854. The highest BCUT2D eigenvalue weighted by Crippen LogP contribution is 2.27. The van der Waals surface area contributed by atoms with Crippen molar-refractivity contribution in [1.82, 2.24) is 9.62 Å². The minimum absolute atomic E-state index is 0.0141. The molecule has 2 amide bonds. The summed E-state index contributed by atoms with van der Waals surface area (Å²) in [4.78, 5) is 35.9. The molecule has 8 nitrogen and oxygen atoms in total. The van der Waals surface area contributed by atoms with Gasteiger partial charge in [0.25, 0.3) is 10.0 Å². The monoisotopic (exact) mass is 382 g/mol. The molecule has 1 aromatic carbocycles. The molecule has 0 spiro atoms. The average molecular weight is 382 g/mol. The summed E-state index contributed by atoms with van der Waals surface area (Å²) in [5.74, 6) is -3.07. The molecule has 0 aliphatic carbocycles. The summed E-state index contributed by atoms with van der Waals surface area (Å²) in [7, 11) is -4.20. The van der Waals surface area contributed by atoms with Crippen molar-refractivity contribution in [3.63, 3.8) is 0 Å². The standard InChI is InChI=1S/C17H22N2O6S/c1-10(2)15(17(22)23)18-16(21)13-8-9-14(20)19(13)26(24,25)12-6-4-11(3)5-7-12/h4-7,10,13,15H,8-9H2,1-3H3,(H,18,21)(H,22,23)/t13-,15?/m0/s1. The maximum Gasteiger partial charge on any atom is 0.326 e. The summed E-state index contributed by atoms with van der Waals surface area (Å²) in [6, 6.07) is 3.53. The third-order valence-electron chi connectivity index (χ3n) is 4.27. The predicted octanol–water partition coefficient (Wildman–Crippen LogP) is 0.900. The quantitative estimate of drug-likeness (QED) is 0.754. The molecule has 2 rings (SSSR count). The van der Waals surface area contributed by atoms with Gasteiger partial charge >= 0.3 is 5.97 Å². The smallest absolute Gasteiger partial charge is 0.326 e. The molecule has 2 atom stereocenters. The van der Waals surface area contributed by atoms with Crippen molar-refractivity contribution in [3.05, 3.63) is 29.8 Å². The third-order valence-corrected chi connectivity index (χ3v) is 6.12. The number of nitrogens with zero attached hydrogens (tertiary/aromatic N) is 1. The van der Waals surface area contributed by atoms with Crippen LogP contribution in [0.3, 0.4) is 0 Å². The topological polar surface area (TPSA) is 121 Å². The van der Waals surface area contributed by atoms with Gasteiger partial charge in [0.2, 0.25) is 11.8 Å². The Bertz CT molecular complexity index is 816. The predicted molar refractivity (Wildman–Crippen MR) is 92.6 cm³/mol. The number of carboxylic acids is 1. The minimum atomic E-state index is -4.20. The van der Waals surface area contributed by atoms with E-state index in [1.165, 1.54) is 12.1 Å². The van der Waals surface area contributed by atoms with Gasteiger partial charge in [-0.25, -0.2) is 17.5 Å². The van der Waals surface area contributed by atoms with Crippen LogP contribution < -0.4 is 5.32 Å². The fourth-order valence-corrected chi connectivity index (χ4v) is 4.39. The van der Waals surface area contributed by atoms with Crippen molar-refractivity contribution in [1.29, 1.82) is 0 Å². The SMILES string of the molecule is Cc1ccc(S(=O)(=O)N2C(=O)CC[C@H]2C(=O)NC(C(=O)O)C(C)C)cc1. The first-order chi connectivity index (χ1) is 12.1. The number of carboxylic acid groups (broad SMARTS) is 1. The zero-order valence-corrected chi connectivity index (χ0v) is 15.6. The van der Waals surface area contributed by atoms with E-state index in [0.29, 0.717) is 4.31 Å². The van der Waals surface area contributed by atoms with Gasteiger partial charge in [-0.2, -0.15) is 0 Å². The summed E-state index contributed by atoms with van der Waals surface area (Å²) in [6.45, 7) is 5.05. The number of sulfonamides is 1. The van der Waals surface area contributed by atoms with Gasteiger partial charge in [-0.05, 0) is 31.4 Å². The molecular formula is C17H22N2O6S. The molecule has 1 aliphatic rings. The van der Waals surface area contributed by atoms with Crippen LogP contribution in [0.2, 0.25) is 0 Å². The number of hydrogen-bond acceptors (Lipinski definition) is 5. The van der Waals surface area contributed by atoms with E-state index in [1.807, 2.05) is 0 Å². The maximum absolute atomic E-state index is 12.8. The van der Waals surface area contributed by atoms with Gasteiger partial charge < -0.3 is 10.4 Å². The molecule has 0 radical (unpaired) electrons. The van der Waals surface area contributed by atoms with Gasteiger partial charge in [-0.1, -0.05) is 31.5 Å². The number of hydrogen-bond donors (Lipinski definition) is 2. The Kier molecular flexibility index (Phi) is 5.70. The second-order valence-corrected chi connectivity index (χ2v) is 8.45. The van der Waals surface area contributed by atoms with Gasteiger partial charge in [-0.3, -0.25) is 9.59 Å². The zero-order valence-electron chi connectivity index (χ0n) is 14.8. The number of carbonyl (C=O) groups excluding carboxylic acids is 2. The molecule has 0 bridgehead atoms. The normalized spacial score (nSPS) is 18.8. The lowest BCUT2D eigenvalue weighted by Crippen LogP contribution is -2.53. The van der Waals surface area contributed by atoms with Crippen LogP contribution in [0, 0.1) is 12.8 Å². The van der Waals surface area contributed by atoms with E-state index in [1.54, 1.807) is 32.9 Å². The Labute approximate surface area is 152 Å². The second kappa shape index (κ2) is 7.45. The molecule has 2 N–H and O–H groups in total. The number of carbonyl (C=O) groups is 3. The number of aryl methyl sites for hydroxylation is 1. The summed E-state index contributed by atoms with van der Waals surface area (Å²) >= 11 is 0. The van der Waals surface area contributed by atoms with Crippen LogP contribution in [0.25, 0.3) is 0 Å². The van der Waals surface area contributed by atoms with Crippen LogP contribution in [0.15, 0.2) is 29.2 Å². The van der Waals surface area contributed by atoms with Gasteiger partial charge in [0.15, 0.2) is 0 Å². The molecule has 0 aromatic heterocycles. The van der Waals surface area contributed by atoms with Crippen molar-refractivity contribution >= 4 is 27.8 Å². The zero-order chi connectivity index (χ0) is 19.6. The Balaban J connectivity index is 2.32. The summed E-state index contributed by atoms with van der Waals surface area (Å²) in [5, 5.41) is 11.5. The summed E-state index contributed by atoms with van der Waals surface area (Å²) < 4.78 is 26.2. The van der Waals surface area contributed by atoms with E-state index in [-0.39, 0.29) is 17.7 Å². The third kappa shape index (κ3) is 3.87. The average Bonchev–Trinajstić information content (AvgIpc) is 2.94. The lowest BCUT2D eigenvalue weighted by Gasteiger charge is -2.26. The van der Waals surface area contributed by atoms with Crippen molar-refractivity contribution in [2.45, 2.75) is 50.6 Å². The molecule has 9 heteroatoms. The molecular weight excluding hydrogens is 360 g/mol. The molecule has 0 saturated carbocycles. The van der Waals surface area contributed by atoms with Gasteiger partial charge in [0.05, 0.1) is 4.90 Å². The van der Waals surface area contributed by atoms with Crippen LogP contribution >= 0.6 is 0 Å². The van der Waals surface area contributed by atoms with E-state index in [4.69, 9.17) is 0 Å². The summed E-state index contributed by atoms with van der Waals surface area (Å²) in [6.07, 6.45) is -0.0806. The number of nitrogens with one attached hydrogen (secondary N) is 1. The first-order valence-corrected chi connectivity index (χ1v) is 9.67. The number of amides is 2. The molecule has 1 heterocycles. The highest BCUT2D eigenvalue weighted by Gasteiger charge is 2.45. The van der Waals surface area contributed by atoms with E-state index in [0.717, 1.165) is 5.56 Å². The van der Waals surface area contributed by atoms with Crippen LogP contribution in [0.5, 0.6) is 0 Å². The van der Waals surface area contributed by atoms with Crippen molar-refractivity contribution in [3.8, 4) is 0 Å². The van der Waals surface area contributed by atoms with E-state index in [2.05, 4.69) is 5.32 Å². The number of benzene rings is 1. The van der Waals surface area contributed by atoms with Crippen LogP contribution in [-0.4, -0.2) is 47.7 Å². The maximum atomic E-state index is 12.8. The van der Waals surface area contributed by atoms with Gasteiger partial charge in [-0.15, -0.1) is 0 Å².